The van der Waals surface area contributed by atoms with Gasteiger partial charge in [0.15, 0.2) is 0 Å². The summed E-state index contributed by atoms with van der Waals surface area (Å²) in [6.07, 6.45) is 4.51. The summed E-state index contributed by atoms with van der Waals surface area (Å²) in [5.74, 6) is 0. The molecule has 0 unspecified atom stereocenters. The van der Waals surface area contributed by atoms with Gasteiger partial charge in [-0.25, -0.2) is 0 Å². The molecule has 0 spiro atoms. The third-order valence-corrected chi connectivity index (χ3v) is 4.03. The molecule has 102 valence electrons. The number of anilines is 1. The van der Waals surface area contributed by atoms with E-state index in [0.29, 0.717) is 12.1 Å². The maximum atomic E-state index is 9.13. The fraction of sp³-hybridized carbons (Fsp3) is 0.562. The fourth-order valence-electron chi connectivity index (χ4n) is 2.55. The molecule has 1 aromatic rings. The second-order valence-electron chi connectivity index (χ2n) is 6.07. The first-order valence-corrected chi connectivity index (χ1v) is 7.05. The van der Waals surface area contributed by atoms with Gasteiger partial charge in [0.1, 0.15) is 0 Å². The maximum absolute atomic E-state index is 9.13. The molecule has 2 rings (SSSR count). The molecule has 0 aromatic heterocycles. The predicted molar refractivity (Wildman–Crippen MR) is 78.9 cm³/mol. The van der Waals surface area contributed by atoms with E-state index in [4.69, 9.17) is 11.0 Å². The summed E-state index contributed by atoms with van der Waals surface area (Å²) in [7, 11) is 0. The topological polar surface area (TPSA) is 61.8 Å². The highest BCUT2D eigenvalue weighted by Gasteiger charge is 2.20. The van der Waals surface area contributed by atoms with Crippen LogP contribution in [0.4, 0.5) is 5.69 Å². The number of nitriles is 1. The molecular formula is C16H23N3. The van der Waals surface area contributed by atoms with Crippen molar-refractivity contribution in [2.45, 2.75) is 57.0 Å². The summed E-state index contributed by atoms with van der Waals surface area (Å²) in [6, 6.07) is 11.5. The highest BCUT2D eigenvalue weighted by Crippen LogP contribution is 2.25. The van der Waals surface area contributed by atoms with Crippen LogP contribution in [0.25, 0.3) is 0 Å². The Morgan fingerprint density at radius 3 is 2.26 bits per heavy atom. The van der Waals surface area contributed by atoms with Crippen molar-refractivity contribution in [3.05, 3.63) is 29.8 Å². The van der Waals surface area contributed by atoms with Crippen LogP contribution in [-0.4, -0.2) is 12.1 Å². The molecular weight excluding hydrogens is 234 g/mol. The minimum Gasteiger partial charge on any atom is -0.382 e. The number of nitrogens with one attached hydrogen (secondary N) is 1. The van der Waals surface area contributed by atoms with E-state index in [2.05, 4.69) is 23.5 Å². The highest BCUT2D eigenvalue weighted by atomic mass is 14.9. The molecule has 0 amide bonds. The smallest absolute Gasteiger partial charge is 0.0766 e. The second-order valence-corrected chi connectivity index (χ2v) is 6.07. The molecule has 3 N–H and O–H groups in total. The number of hydrogen-bond acceptors (Lipinski definition) is 3. The van der Waals surface area contributed by atoms with Crippen molar-refractivity contribution in [3.8, 4) is 6.07 Å². The third kappa shape index (κ3) is 3.48. The van der Waals surface area contributed by atoms with Crippen LogP contribution in [0.15, 0.2) is 24.3 Å². The highest BCUT2D eigenvalue weighted by molar-refractivity contribution is 5.47. The van der Waals surface area contributed by atoms with Gasteiger partial charge in [-0.1, -0.05) is 12.1 Å². The second kappa shape index (κ2) is 5.63. The molecule has 0 atom stereocenters. The number of nitrogens with two attached hydrogens (primary N) is 1. The Bertz CT molecular complexity index is 448. The maximum Gasteiger partial charge on any atom is 0.0766 e. The number of benzene rings is 1. The molecule has 3 nitrogen and oxygen atoms in total. The average molecular weight is 257 g/mol. The molecule has 1 aliphatic rings. The lowest BCUT2D eigenvalue weighted by Crippen LogP contribution is -2.32. The van der Waals surface area contributed by atoms with Crippen LogP contribution in [-0.2, 0) is 5.41 Å². The van der Waals surface area contributed by atoms with Gasteiger partial charge in [-0.05, 0) is 57.2 Å². The summed E-state index contributed by atoms with van der Waals surface area (Å²) in [5, 5.41) is 12.7. The Balaban J connectivity index is 1.98. The lowest BCUT2D eigenvalue weighted by molar-refractivity contribution is 0.411. The van der Waals surface area contributed by atoms with Crippen LogP contribution in [0, 0.1) is 11.3 Å². The summed E-state index contributed by atoms with van der Waals surface area (Å²) in [5.41, 5.74) is 7.69. The molecule has 19 heavy (non-hydrogen) atoms. The largest absolute Gasteiger partial charge is 0.382 e. The third-order valence-electron chi connectivity index (χ3n) is 4.03. The Labute approximate surface area is 115 Å². The number of rotatable bonds is 3. The van der Waals surface area contributed by atoms with Gasteiger partial charge in [0.25, 0.3) is 0 Å². The van der Waals surface area contributed by atoms with Gasteiger partial charge in [0.05, 0.1) is 11.5 Å². The van der Waals surface area contributed by atoms with Gasteiger partial charge < -0.3 is 11.1 Å². The van der Waals surface area contributed by atoms with Gasteiger partial charge in [0.2, 0.25) is 0 Å². The molecule has 1 fully saturated rings. The lowest BCUT2D eigenvalue weighted by Gasteiger charge is -2.27. The predicted octanol–water partition coefficient (Wildman–Crippen LogP) is 3.17. The standard InChI is InChI=1S/C16H23N3/c1-16(2,11-17)12-3-7-14(8-4-12)19-15-9-5-13(18)6-10-15/h3-4,7-8,13,15,19H,5-6,9-10,18H2,1-2H3. The molecule has 0 saturated heterocycles. The zero-order valence-corrected chi connectivity index (χ0v) is 11.8. The van der Waals surface area contributed by atoms with Crippen LogP contribution in [0.2, 0.25) is 0 Å². The summed E-state index contributed by atoms with van der Waals surface area (Å²) >= 11 is 0. The molecule has 0 radical (unpaired) electrons. The normalized spacial score (nSPS) is 23.7. The molecule has 0 bridgehead atoms. The van der Waals surface area contributed by atoms with Crippen molar-refractivity contribution in [3.63, 3.8) is 0 Å². The minimum absolute atomic E-state index is 0.386. The number of hydrogen-bond donors (Lipinski definition) is 2. The molecule has 3 heteroatoms. The average Bonchev–Trinajstić information content (AvgIpc) is 2.42. The van der Waals surface area contributed by atoms with E-state index in [1.54, 1.807) is 0 Å². The number of nitrogens with zero attached hydrogens (tertiary/aromatic N) is 1. The summed E-state index contributed by atoms with van der Waals surface area (Å²) in [6.45, 7) is 3.88. The monoisotopic (exact) mass is 257 g/mol. The van der Waals surface area contributed by atoms with E-state index in [9.17, 15) is 0 Å². The van der Waals surface area contributed by atoms with Gasteiger partial charge in [-0.15, -0.1) is 0 Å². The Morgan fingerprint density at radius 2 is 1.74 bits per heavy atom. The summed E-state index contributed by atoms with van der Waals surface area (Å²) in [4.78, 5) is 0. The zero-order chi connectivity index (χ0) is 13.9. The molecule has 1 aromatic carbocycles. The van der Waals surface area contributed by atoms with Crippen LogP contribution in [0.3, 0.4) is 0 Å². The van der Waals surface area contributed by atoms with Crippen LogP contribution < -0.4 is 11.1 Å². The van der Waals surface area contributed by atoms with Crippen LogP contribution >= 0.6 is 0 Å². The fourth-order valence-corrected chi connectivity index (χ4v) is 2.55. The molecule has 0 aliphatic heterocycles. The van der Waals surface area contributed by atoms with E-state index >= 15 is 0 Å². The SMILES string of the molecule is CC(C)(C#N)c1ccc(NC2CCC(N)CC2)cc1. The van der Waals surface area contributed by atoms with Gasteiger partial charge in [0, 0.05) is 17.8 Å². The quantitative estimate of drug-likeness (QED) is 0.874. The van der Waals surface area contributed by atoms with Crippen molar-refractivity contribution >= 4 is 5.69 Å². The van der Waals surface area contributed by atoms with Gasteiger partial charge >= 0.3 is 0 Å². The summed E-state index contributed by atoms with van der Waals surface area (Å²) < 4.78 is 0. The Kier molecular flexibility index (Phi) is 4.11. The minimum atomic E-state index is -0.420. The molecule has 0 heterocycles. The Hall–Kier alpha value is -1.53. The van der Waals surface area contributed by atoms with Crippen molar-refractivity contribution in [1.29, 1.82) is 5.26 Å². The van der Waals surface area contributed by atoms with Gasteiger partial charge in [-0.3, -0.25) is 0 Å². The van der Waals surface area contributed by atoms with Gasteiger partial charge in [-0.2, -0.15) is 5.26 Å². The van der Waals surface area contributed by atoms with Crippen molar-refractivity contribution < 1.29 is 0 Å². The first-order chi connectivity index (χ1) is 9.01. The zero-order valence-electron chi connectivity index (χ0n) is 11.8. The van der Waals surface area contributed by atoms with E-state index in [1.807, 2.05) is 26.0 Å². The Morgan fingerprint density at radius 1 is 1.16 bits per heavy atom. The lowest BCUT2D eigenvalue weighted by atomic mass is 9.86. The molecule has 1 aliphatic carbocycles. The van der Waals surface area contributed by atoms with Crippen molar-refractivity contribution in [2.75, 3.05) is 5.32 Å². The van der Waals surface area contributed by atoms with Crippen LogP contribution in [0.5, 0.6) is 0 Å². The van der Waals surface area contributed by atoms with E-state index in [0.717, 1.165) is 36.9 Å². The molecule has 1 saturated carbocycles. The van der Waals surface area contributed by atoms with E-state index in [-0.39, 0.29) is 0 Å². The van der Waals surface area contributed by atoms with Crippen molar-refractivity contribution in [1.82, 2.24) is 0 Å². The van der Waals surface area contributed by atoms with E-state index in [1.165, 1.54) is 0 Å². The first kappa shape index (κ1) is 13.9. The van der Waals surface area contributed by atoms with E-state index < -0.39 is 5.41 Å². The van der Waals surface area contributed by atoms with Crippen LogP contribution in [0.1, 0.15) is 45.1 Å². The van der Waals surface area contributed by atoms with Crippen molar-refractivity contribution in [2.24, 2.45) is 5.73 Å². The first-order valence-electron chi connectivity index (χ1n) is 7.05.